The Morgan fingerprint density at radius 2 is 1.59 bits per heavy atom. The Morgan fingerprint density at radius 1 is 0.913 bits per heavy atom. The van der Waals surface area contributed by atoms with Crippen LogP contribution in [-0.4, -0.2) is 47.5 Å². The van der Waals surface area contributed by atoms with Crippen molar-refractivity contribution >= 4 is 11.8 Å². The first kappa shape index (κ1) is 35.3. The van der Waals surface area contributed by atoms with E-state index >= 15 is 4.39 Å². The van der Waals surface area contributed by atoms with Gasteiger partial charge in [0.15, 0.2) is 5.78 Å². The van der Waals surface area contributed by atoms with Gasteiger partial charge in [0.25, 0.3) is 5.56 Å². The molecule has 3 aromatic rings. The number of ether oxygens (including phenoxy) is 1. The summed E-state index contributed by atoms with van der Waals surface area (Å²) in [6, 6.07) is 8.74. The topological polar surface area (TPSA) is 68.6 Å². The Bertz CT molecular complexity index is 1610. The standard InChI is InChI=1S/C39H51FN2O4/c1-9-46-37(45)22-31(33-20-32(18-29(8)39(33)40)38-27(6)16-25(4)17-28(38)7)21-35(43)34(15-24(2)3)42-23-30(26(5)19-36(42)44)11-14-41-12-10-13-41/h16-20,23-24,31,34H,9-15,21-22H2,1-8H3/t31-,34?/m0/s1. The lowest BCUT2D eigenvalue weighted by atomic mass is 9.83. The minimum atomic E-state index is -0.752. The SMILES string of the molecule is CCOC(=O)C[C@H](CC(=O)C(CC(C)C)n1cc(CCN2CCC2)c(C)cc1=O)c1cc(-c2c(C)cc(C)cc2C)cc(C)c1F. The molecule has 0 saturated carbocycles. The zero-order chi connectivity index (χ0) is 33.7. The maximum absolute atomic E-state index is 16.1. The Hall–Kier alpha value is -3.58. The van der Waals surface area contributed by atoms with Crippen molar-refractivity contribution in [1.82, 2.24) is 9.47 Å². The third-order valence-electron chi connectivity index (χ3n) is 9.30. The largest absolute Gasteiger partial charge is 0.466 e. The second-order valence-electron chi connectivity index (χ2n) is 13.7. The quantitative estimate of drug-likeness (QED) is 0.171. The third-order valence-corrected chi connectivity index (χ3v) is 9.30. The van der Waals surface area contributed by atoms with Crippen LogP contribution in [0.15, 0.2) is 41.3 Å². The van der Waals surface area contributed by atoms with Crippen LogP contribution in [0.2, 0.25) is 0 Å². The molecule has 1 aliphatic heterocycles. The van der Waals surface area contributed by atoms with E-state index in [1.54, 1.807) is 30.5 Å². The molecule has 2 aromatic carbocycles. The summed E-state index contributed by atoms with van der Waals surface area (Å²) < 4.78 is 22.9. The second kappa shape index (κ2) is 15.3. The van der Waals surface area contributed by atoms with Gasteiger partial charge in [-0.2, -0.15) is 0 Å². The highest BCUT2D eigenvalue weighted by Gasteiger charge is 2.30. The van der Waals surface area contributed by atoms with E-state index in [2.05, 4.69) is 17.0 Å². The van der Waals surface area contributed by atoms with Gasteiger partial charge < -0.3 is 14.2 Å². The molecule has 0 N–H and O–H groups in total. The van der Waals surface area contributed by atoms with E-state index in [9.17, 15) is 14.4 Å². The number of aromatic nitrogens is 1. The monoisotopic (exact) mass is 630 g/mol. The lowest BCUT2D eigenvalue weighted by molar-refractivity contribution is -0.143. The lowest BCUT2D eigenvalue weighted by Crippen LogP contribution is -2.38. The molecule has 1 fully saturated rings. The predicted octanol–water partition coefficient (Wildman–Crippen LogP) is 7.73. The summed E-state index contributed by atoms with van der Waals surface area (Å²) in [5, 5.41) is 0. The number of halogens is 1. The minimum Gasteiger partial charge on any atom is -0.466 e. The number of carbonyl (C=O) groups excluding carboxylic acids is 2. The first-order chi connectivity index (χ1) is 21.8. The summed E-state index contributed by atoms with van der Waals surface area (Å²) in [6.07, 6.45) is 4.10. The smallest absolute Gasteiger partial charge is 0.306 e. The van der Waals surface area contributed by atoms with Crippen molar-refractivity contribution in [3.63, 3.8) is 0 Å². The van der Waals surface area contributed by atoms with Gasteiger partial charge >= 0.3 is 5.97 Å². The van der Waals surface area contributed by atoms with Crippen molar-refractivity contribution in [2.75, 3.05) is 26.2 Å². The Kier molecular flexibility index (Phi) is 11.8. The van der Waals surface area contributed by atoms with Crippen LogP contribution in [0.3, 0.4) is 0 Å². The lowest BCUT2D eigenvalue weighted by Gasteiger charge is -2.31. The zero-order valence-electron chi connectivity index (χ0n) is 29.0. The van der Waals surface area contributed by atoms with Gasteiger partial charge in [0.1, 0.15) is 5.82 Å². The van der Waals surface area contributed by atoms with Crippen molar-refractivity contribution in [2.45, 2.75) is 99.5 Å². The molecule has 2 heterocycles. The molecule has 0 bridgehead atoms. The second-order valence-corrected chi connectivity index (χ2v) is 13.7. The number of rotatable bonds is 14. The fourth-order valence-corrected chi connectivity index (χ4v) is 6.89. The van der Waals surface area contributed by atoms with E-state index in [0.717, 1.165) is 65.0 Å². The molecule has 1 aromatic heterocycles. The number of nitrogens with zero attached hydrogens (tertiary/aromatic N) is 2. The summed E-state index contributed by atoms with van der Waals surface area (Å²) >= 11 is 0. The first-order valence-electron chi connectivity index (χ1n) is 16.8. The number of Topliss-reactive ketones (excluding diaryl/α,β-unsaturated/α-hetero) is 1. The molecule has 7 heteroatoms. The van der Waals surface area contributed by atoms with Gasteiger partial charge in [-0.1, -0.05) is 31.5 Å². The third kappa shape index (κ3) is 8.41. The summed E-state index contributed by atoms with van der Waals surface area (Å²) in [7, 11) is 0. The van der Waals surface area contributed by atoms with Gasteiger partial charge in [0, 0.05) is 31.1 Å². The van der Waals surface area contributed by atoms with E-state index in [1.807, 2.05) is 53.8 Å². The highest BCUT2D eigenvalue weighted by molar-refractivity contribution is 5.84. The number of carbonyl (C=O) groups is 2. The summed E-state index contributed by atoms with van der Waals surface area (Å²) in [5.41, 5.74) is 7.70. The number of aryl methyl sites for hydroxylation is 5. The van der Waals surface area contributed by atoms with Crippen LogP contribution in [0, 0.1) is 46.4 Å². The predicted molar refractivity (Wildman–Crippen MR) is 183 cm³/mol. The normalized spacial score (nSPS) is 14.7. The average molecular weight is 631 g/mol. The zero-order valence-corrected chi connectivity index (χ0v) is 29.0. The molecule has 2 atom stereocenters. The van der Waals surface area contributed by atoms with Crippen molar-refractivity contribution in [3.8, 4) is 11.1 Å². The van der Waals surface area contributed by atoms with Gasteiger partial charge in [-0.25, -0.2) is 4.39 Å². The van der Waals surface area contributed by atoms with Crippen LogP contribution >= 0.6 is 0 Å². The summed E-state index contributed by atoms with van der Waals surface area (Å²) in [4.78, 5) is 43.0. The fourth-order valence-electron chi connectivity index (χ4n) is 6.89. The number of benzene rings is 2. The molecule has 1 aliphatic rings. The maximum atomic E-state index is 16.1. The van der Waals surface area contributed by atoms with Gasteiger partial charge in [0.2, 0.25) is 0 Å². The Balaban J connectivity index is 1.75. The number of hydrogen-bond acceptors (Lipinski definition) is 5. The van der Waals surface area contributed by atoms with Crippen molar-refractivity contribution in [1.29, 1.82) is 0 Å². The van der Waals surface area contributed by atoms with Gasteiger partial charge in [-0.15, -0.1) is 0 Å². The van der Waals surface area contributed by atoms with Crippen LogP contribution in [0.25, 0.3) is 11.1 Å². The molecule has 1 saturated heterocycles. The molecule has 0 amide bonds. The molecular weight excluding hydrogens is 579 g/mol. The average Bonchev–Trinajstić information content (AvgIpc) is 2.93. The van der Waals surface area contributed by atoms with Crippen LogP contribution in [0.4, 0.5) is 4.39 Å². The minimum absolute atomic E-state index is 0.0920. The van der Waals surface area contributed by atoms with Crippen molar-refractivity contribution in [2.24, 2.45) is 5.92 Å². The molecule has 0 aliphatic carbocycles. The van der Waals surface area contributed by atoms with E-state index in [1.165, 1.54) is 6.42 Å². The molecule has 4 rings (SSSR count). The van der Waals surface area contributed by atoms with Crippen molar-refractivity contribution < 1.29 is 18.7 Å². The highest BCUT2D eigenvalue weighted by atomic mass is 19.1. The van der Waals surface area contributed by atoms with Gasteiger partial charge in [0.05, 0.1) is 19.1 Å². The van der Waals surface area contributed by atoms with E-state index in [4.69, 9.17) is 4.74 Å². The van der Waals surface area contributed by atoms with Crippen LogP contribution in [0.1, 0.15) is 97.4 Å². The molecule has 6 nitrogen and oxygen atoms in total. The molecule has 248 valence electrons. The van der Waals surface area contributed by atoms with Gasteiger partial charge in [-0.3, -0.25) is 14.4 Å². The van der Waals surface area contributed by atoms with Crippen LogP contribution < -0.4 is 5.56 Å². The Morgan fingerprint density at radius 3 is 2.17 bits per heavy atom. The van der Waals surface area contributed by atoms with Gasteiger partial charge in [-0.05, 0) is 136 Å². The summed E-state index contributed by atoms with van der Waals surface area (Å²) in [6.45, 7) is 18.9. The molecular formula is C39H51FN2O4. The van der Waals surface area contributed by atoms with E-state index in [0.29, 0.717) is 17.5 Å². The fraction of sp³-hybridized carbons (Fsp3) is 0.513. The highest BCUT2D eigenvalue weighted by Crippen LogP contribution is 2.37. The molecule has 0 spiro atoms. The molecule has 0 radical (unpaired) electrons. The van der Waals surface area contributed by atoms with E-state index in [-0.39, 0.29) is 36.7 Å². The number of ketones is 1. The van der Waals surface area contributed by atoms with Crippen LogP contribution in [0.5, 0.6) is 0 Å². The number of pyridine rings is 1. The molecule has 1 unspecified atom stereocenters. The van der Waals surface area contributed by atoms with Crippen LogP contribution in [-0.2, 0) is 20.7 Å². The first-order valence-corrected chi connectivity index (χ1v) is 16.8. The van der Waals surface area contributed by atoms with Crippen molar-refractivity contribution in [3.05, 3.63) is 91.6 Å². The summed E-state index contributed by atoms with van der Waals surface area (Å²) in [5.74, 6) is -1.71. The number of likely N-dealkylation sites (tertiary alicyclic amines) is 1. The maximum Gasteiger partial charge on any atom is 0.306 e. The molecule has 46 heavy (non-hydrogen) atoms. The Labute approximate surface area is 274 Å². The van der Waals surface area contributed by atoms with E-state index < -0.39 is 23.7 Å². The number of hydrogen-bond donors (Lipinski definition) is 0. The number of esters is 1.